The lowest BCUT2D eigenvalue weighted by atomic mass is 10.0. The fourth-order valence-electron chi connectivity index (χ4n) is 2.29. The largest absolute Gasteiger partial charge is 0.352 e. The first-order chi connectivity index (χ1) is 10.8. The molecular weight excluding hydrogens is 317 g/mol. The molecule has 124 valence electrons. The van der Waals surface area contributed by atoms with Crippen LogP contribution in [0, 0.1) is 0 Å². The van der Waals surface area contributed by atoms with Crippen LogP contribution in [-0.2, 0) is 10.9 Å². The second-order valence-electron chi connectivity index (χ2n) is 5.63. The number of hydrogen-bond donors (Lipinski definition) is 2. The van der Waals surface area contributed by atoms with Gasteiger partial charge in [-0.05, 0) is 31.1 Å². The van der Waals surface area contributed by atoms with Gasteiger partial charge in [-0.3, -0.25) is 0 Å². The van der Waals surface area contributed by atoms with Crippen molar-refractivity contribution in [1.82, 2.24) is 9.97 Å². The number of anilines is 1. The molecule has 1 saturated heterocycles. The lowest BCUT2D eigenvalue weighted by Gasteiger charge is -2.31. The Bertz CT molecular complexity index is 423. The summed E-state index contributed by atoms with van der Waals surface area (Å²) in [6, 6.07) is 1.93. The minimum absolute atomic E-state index is 0.171. The Morgan fingerprint density at radius 1 is 1.27 bits per heavy atom. The summed E-state index contributed by atoms with van der Waals surface area (Å²) in [5.74, 6) is 1.59. The van der Waals surface area contributed by atoms with Gasteiger partial charge in [0.2, 0.25) is 5.95 Å². The van der Waals surface area contributed by atoms with E-state index in [2.05, 4.69) is 27.5 Å². The van der Waals surface area contributed by atoms with Crippen molar-refractivity contribution in [3.05, 3.63) is 18.0 Å². The smallest absolute Gasteiger partial charge is 0.225 e. The van der Waals surface area contributed by atoms with Gasteiger partial charge >= 0.3 is 0 Å². The van der Waals surface area contributed by atoms with Crippen molar-refractivity contribution in [3.63, 3.8) is 0 Å². The van der Waals surface area contributed by atoms with Gasteiger partial charge in [0, 0.05) is 25.0 Å². The van der Waals surface area contributed by atoms with Gasteiger partial charge in [-0.15, -0.1) is 0 Å². The van der Waals surface area contributed by atoms with Crippen molar-refractivity contribution >= 4 is 27.6 Å². The van der Waals surface area contributed by atoms with Crippen molar-refractivity contribution in [1.29, 1.82) is 0 Å². The first kappa shape index (κ1) is 17.9. The van der Waals surface area contributed by atoms with Crippen LogP contribution in [0.1, 0.15) is 44.2 Å². The first-order valence-electron chi connectivity index (χ1n) is 8.06. The summed E-state index contributed by atoms with van der Waals surface area (Å²) in [4.78, 5) is 19.8. The summed E-state index contributed by atoms with van der Waals surface area (Å²) in [6.45, 7) is 1.75. The lowest BCUT2D eigenvalue weighted by molar-refractivity contribution is 0.180. The molecular formula is C15H26N3O2PS. The third kappa shape index (κ3) is 5.99. The fraction of sp³-hybridized carbons (Fsp3) is 0.733. The van der Waals surface area contributed by atoms with E-state index in [9.17, 15) is 0 Å². The average molecular weight is 343 g/mol. The minimum atomic E-state index is -0.413. The Kier molecular flexibility index (Phi) is 8.45. The van der Waals surface area contributed by atoms with E-state index in [-0.39, 0.29) is 6.10 Å². The third-order valence-electron chi connectivity index (χ3n) is 4.01. The summed E-state index contributed by atoms with van der Waals surface area (Å²) >= 11 is 4.22. The van der Waals surface area contributed by atoms with Crippen LogP contribution in [0.5, 0.6) is 0 Å². The van der Waals surface area contributed by atoms with E-state index in [1.54, 1.807) is 6.20 Å². The standard InChI is InChI=1S/C11H18N3O2PS.C4H8/c15-17-16-10-2-6-14(7-3-10)11-12-5-1-9(13-11)4-8-18;1-2-4-3-1/h1,5,10,15,17-18H,2-4,6-8H2;1-4H2. The molecule has 0 aromatic carbocycles. The molecule has 2 aliphatic rings. The topological polar surface area (TPSA) is 58.5 Å². The Labute approximate surface area is 140 Å². The molecule has 7 heteroatoms. The van der Waals surface area contributed by atoms with Crippen LogP contribution >= 0.6 is 21.7 Å². The minimum Gasteiger partial charge on any atom is -0.352 e. The Balaban J connectivity index is 0.000000381. The fourth-order valence-corrected chi connectivity index (χ4v) is 2.90. The van der Waals surface area contributed by atoms with E-state index >= 15 is 0 Å². The first-order valence-corrected chi connectivity index (χ1v) is 9.54. The maximum atomic E-state index is 8.76. The molecule has 0 spiro atoms. The second kappa shape index (κ2) is 10.4. The van der Waals surface area contributed by atoms with Crippen molar-refractivity contribution in [3.8, 4) is 0 Å². The number of hydrogen-bond acceptors (Lipinski definition) is 6. The number of aromatic nitrogens is 2. The predicted molar refractivity (Wildman–Crippen MR) is 94.9 cm³/mol. The van der Waals surface area contributed by atoms with Crippen molar-refractivity contribution < 1.29 is 9.42 Å². The molecule has 0 radical (unpaired) electrons. The second-order valence-corrected chi connectivity index (χ2v) is 6.50. The molecule has 1 aliphatic heterocycles. The summed E-state index contributed by atoms with van der Waals surface area (Å²) in [6.07, 6.45) is 10.7. The highest BCUT2D eigenvalue weighted by Crippen LogP contribution is 2.22. The molecule has 1 atom stereocenters. The molecule has 5 nitrogen and oxygen atoms in total. The molecule has 0 amide bonds. The van der Waals surface area contributed by atoms with Gasteiger partial charge < -0.3 is 14.3 Å². The van der Waals surface area contributed by atoms with E-state index in [1.807, 2.05) is 6.07 Å². The molecule has 3 rings (SSSR count). The van der Waals surface area contributed by atoms with E-state index in [0.29, 0.717) is 0 Å². The summed E-state index contributed by atoms with van der Waals surface area (Å²) in [7, 11) is -0.413. The molecule has 1 aromatic heterocycles. The molecule has 22 heavy (non-hydrogen) atoms. The zero-order valence-electron chi connectivity index (χ0n) is 12.9. The predicted octanol–water partition coefficient (Wildman–Crippen LogP) is 3.00. The van der Waals surface area contributed by atoms with Crippen LogP contribution in [0.15, 0.2) is 12.3 Å². The van der Waals surface area contributed by atoms with E-state index in [4.69, 9.17) is 9.42 Å². The molecule has 1 N–H and O–H groups in total. The highest BCUT2D eigenvalue weighted by Gasteiger charge is 2.21. The van der Waals surface area contributed by atoms with Crippen LogP contribution < -0.4 is 4.90 Å². The number of nitrogens with zero attached hydrogens (tertiary/aromatic N) is 3. The van der Waals surface area contributed by atoms with Gasteiger partial charge in [-0.25, -0.2) is 9.97 Å². The normalized spacial score (nSPS) is 18.9. The van der Waals surface area contributed by atoms with Gasteiger partial charge in [0.1, 0.15) is 0 Å². The molecule has 0 bridgehead atoms. The van der Waals surface area contributed by atoms with Crippen LogP contribution in [0.25, 0.3) is 0 Å². The van der Waals surface area contributed by atoms with Gasteiger partial charge in [0.05, 0.1) is 6.10 Å². The van der Waals surface area contributed by atoms with Crippen LogP contribution in [0.3, 0.4) is 0 Å². The summed E-state index contributed by atoms with van der Waals surface area (Å²) in [5.41, 5.74) is 1.03. The Morgan fingerprint density at radius 3 is 2.50 bits per heavy atom. The quantitative estimate of drug-likeness (QED) is 0.636. The molecule has 1 aliphatic carbocycles. The maximum absolute atomic E-state index is 8.76. The molecule has 1 saturated carbocycles. The van der Waals surface area contributed by atoms with E-state index in [1.165, 1.54) is 25.7 Å². The van der Waals surface area contributed by atoms with Gasteiger partial charge in [-0.2, -0.15) is 12.6 Å². The zero-order chi connectivity index (χ0) is 15.6. The third-order valence-corrected chi connectivity index (χ3v) is 4.68. The lowest BCUT2D eigenvalue weighted by Crippen LogP contribution is -2.37. The average Bonchev–Trinajstić information content (AvgIpc) is 2.47. The molecule has 1 aromatic rings. The summed E-state index contributed by atoms with van der Waals surface area (Å²) < 4.78 is 5.24. The Hall–Kier alpha value is -0.420. The molecule has 2 heterocycles. The van der Waals surface area contributed by atoms with Crippen LogP contribution in [-0.4, -0.2) is 39.8 Å². The highest BCUT2D eigenvalue weighted by atomic mass is 32.1. The van der Waals surface area contributed by atoms with E-state index in [0.717, 1.165) is 49.7 Å². The van der Waals surface area contributed by atoms with Crippen molar-refractivity contribution in [2.75, 3.05) is 23.7 Å². The number of aryl methyl sites for hydroxylation is 1. The van der Waals surface area contributed by atoms with Crippen molar-refractivity contribution in [2.45, 2.75) is 51.0 Å². The molecule has 2 fully saturated rings. The number of piperidine rings is 1. The molecule has 1 unspecified atom stereocenters. The zero-order valence-corrected chi connectivity index (χ0v) is 14.8. The van der Waals surface area contributed by atoms with Gasteiger partial charge in [-0.1, -0.05) is 25.7 Å². The Morgan fingerprint density at radius 2 is 1.95 bits per heavy atom. The van der Waals surface area contributed by atoms with Crippen molar-refractivity contribution in [2.24, 2.45) is 0 Å². The van der Waals surface area contributed by atoms with Gasteiger partial charge in [0.25, 0.3) is 0 Å². The van der Waals surface area contributed by atoms with Crippen LogP contribution in [0.4, 0.5) is 5.95 Å². The number of thiol groups is 1. The van der Waals surface area contributed by atoms with Crippen LogP contribution in [0.2, 0.25) is 0 Å². The van der Waals surface area contributed by atoms with Gasteiger partial charge in [0.15, 0.2) is 9.03 Å². The van der Waals surface area contributed by atoms with E-state index < -0.39 is 9.03 Å². The maximum Gasteiger partial charge on any atom is 0.225 e. The monoisotopic (exact) mass is 343 g/mol. The highest BCUT2D eigenvalue weighted by molar-refractivity contribution is 7.80. The number of rotatable bonds is 5. The SMILES string of the molecule is C1CCC1.OPOC1CCN(c2nccc(CCS)n2)CC1. The summed E-state index contributed by atoms with van der Waals surface area (Å²) in [5, 5.41) is 0.